The molecule has 0 unspecified atom stereocenters. The van der Waals surface area contributed by atoms with Crippen LogP contribution >= 0.6 is 0 Å². The maximum atomic E-state index is 13.2. The Morgan fingerprint density at radius 2 is 1.96 bits per heavy atom. The van der Waals surface area contributed by atoms with Crippen LogP contribution in [0.15, 0.2) is 47.3 Å². The van der Waals surface area contributed by atoms with Crippen LogP contribution in [0.2, 0.25) is 0 Å². The second-order valence-electron chi connectivity index (χ2n) is 5.80. The lowest BCUT2D eigenvalue weighted by Crippen LogP contribution is -2.28. The molecule has 4 rings (SSSR count). The minimum Gasteiger partial charge on any atom is -0.350 e. The van der Waals surface area contributed by atoms with E-state index in [9.17, 15) is 14.0 Å². The number of nitrogens with zero attached hydrogens (tertiary/aromatic N) is 2. The van der Waals surface area contributed by atoms with Gasteiger partial charge in [-0.05, 0) is 24.3 Å². The van der Waals surface area contributed by atoms with Gasteiger partial charge in [0.1, 0.15) is 11.6 Å². The molecular weight excluding hydrogens is 337 g/mol. The van der Waals surface area contributed by atoms with Crippen molar-refractivity contribution in [1.29, 1.82) is 0 Å². The maximum Gasteiger partial charge on any atom is 0.272 e. The third-order valence-corrected chi connectivity index (χ3v) is 4.05. The number of fused-ring (bicyclic) bond motifs is 2. The second kappa shape index (κ2) is 6.40. The molecule has 0 atom stereocenters. The monoisotopic (exact) mass is 351 g/mol. The van der Waals surface area contributed by atoms with Gasteiger partial charge in [0.2, 0.25) is 0 Å². The number of hydrogen-bond donors (Lipinski definition) is 3. The summed E-state index contributed by atoms with van der Waals surface area (Å²) in [7, 11) is 0. The van der Waals surface area contributed by atoms with Gasteiger partial charge in [-0.1, -0.05) is 18.2 Å². The number of carbonyl (C=O) groups excluding carboxylic acids is 1. The van der Waals surface area contributed by atoms with Gasteiger partial charge in [-0.25, -0.2) is 14.5 Å². The Balaban J connectivity index is 1.49. The van der Waals surface area contributed by atoms with Crippen molar-refractivity contribution in [2.75, 3.05) is 6.54 Å². The normalized spacial score (nSPS) is 11.1. The summed E-state index contributed by atoms with van der Waals surface area (Å²) in [5, 5.41) is 9.86. The Morgan fingerprint density at radius 3 is 2.81 bits per heavy atom. The number of benzene rings is 2. The quantitative estimate of drug-likeness (QED) is 0.522. The number of hydrogen-bond acceptors (Lipinski definition) is 4. The summed E-state index contributed by atoms with van der Waals surface area (Å²) in [6, 6.07) is 11.1. The van der Waals surface area contributed by atoms with Gasteiger partial charge in [0.05, 0.1) is 16.4 Å². The van der Waals surface area contributed by atoms with Crippen LogP contribution in [0.4, 0.5) is 4.39 Å². The van der Waals surface area contributed by atoms with Crippen molar-refractivity contribution in [2.24, 2.45) is 0 Å². The van der Waals surface area contributed by atoms with E-state index in [2.05, 4.69) is 25.5 Å². The van der Waals surface area contributed by atoms with Crippen LogP contribution in [0, 0.1) is 5.82 Å². The summed E-state index contributed by atoms with van der Waals surface area (Å²) in [5.74, 6) is -0.0817. The summed E-state index contributed by atoms with van der Waals surface area (Å²) < 4.78 is 13.2. The fourth-order valence-corrected chi connectivity index (χ4v) is 2.82. The molecular formula is C18H14FN5O2. The van der Waals surface area contributed by atoms with E-state index in [-0.39, 0.29) is 23.0 Å². The van der Waals surface area contributed by atoms with E-state index in [1.165, 1.54) is 12.1 Å². The molecule has 26 heavy (non-hydrogen) atoms. The highest BCUT2D eigenvalue weighted by atomic mass is 19.1. The molecule has 2 heterocycles. The van der Waals surface area contributed by atoms with Crippen molar-refractivity contribution in [1.82, 2.24) is 25.5 Å². The molecule has 0 aliphatic heterocycles. The molecule has 7 nitrogen and oxygen atoms in total. The molecule has 0 aliphatic rings. The number of amides is 1. The molecule has 1 amide bonds. The molecule has 4 aromatic rings. The molecule has 2 aromatic carbocycles. The van der Waals surface area contributed by atoms with E-state index >= 15 is 0 Å². The molecule has 0 fully saturated rings. The number of H-pyrrole nitrogens is 2. The molecule has 0 spiro atoms. The third kappa shape index (κ3) is 2.92. The van der Waals surface area contributed by atoms with E-state index in [4.69, 9.17) is 0 Å². The lowest BCUT2D eigenvalue weighted by molar-refractivity contribution is 0.0950. The molecule has 0 bridgehead atoms. The van der Waals surface area contributed by atoms with Gasteiger partial charge < -0.3 is 10.3 Å². The van der Waals surface area contributed by atoms with Gasteiger partial charge >= 0.3 is 0 Å². The third-order valence-electron chi connectivity index (χ3n) is 4.05. The second-order valence-corrected chi connectivity index (χ2v) is 5.80. The average Bonchev–Trinajstić information content (AvgIpc) is 3.04. The van der Waals surface area contributed by atoms with Crippen LogP contribution in [-0.2, 0) is 6.42 Å². The fraction of sp³-hybridized carbons (Fsp3) is 0.111. The predicted octanol–water partition coefficient (Wildman–Crippen LogP) is 1.91. The Bertz CT molecular complexity index is 1180. The van der Waals surface area contributed by atoms with Crippen LogP contribution in [0.25, 0.3) is 21.8 Å². The van der Waals surface area contributed by atoms with Crippen molar-refractivity contribution < 1.29 is 9.18 Å². The number of rotatable bonds is 4. The highest BCUT2D eigenvalue weighted by molar-refractivity contribution is 6.04. The van der Waals surface area contributed by atoms with E-state index in [1.54, 1.807) is 30.3 Å². The zero-order valence-electron chi connectivity index (χ0n) is 13.5. The summed E-state index contributed by atoms with van der Waals surface area (Å²) in [6.07, 6.45) is 0.448. The highest BCUT2D eigenvalue weighted by Crippen LogP contribution is 2.14. The number of nitrogens with one attached hydrogen (secondary N) is 3. The van der Waals surface area contributed by atoms with E-state index in [0.717, 1.165) is 0 Å². The first kappa shape index (κ1) is 15.9. The highest BCUT2D eigenvalue weighted by Gasteiger charge is 2.13. The van der Waals surface area contributed by atoms with Crippen molar-refractivity contribution in [2.45, 2.75) is 6.42 Å². The van der Waals surface area contributed by atoms with Crippen LogP contribution < -0.4 is 10.9 Å². The molecule has 0 saturated carbocycles. The fourth-order valence-electron chi connectivity index (χ4n) is 2.82. The Labute approximate surface area is 146 Å². The Kier molecular flexibility index (Phi) is 3.92. The maximum absolute atomic E-state index is 13.2. The molecule has 0 saturated heterocycles. The first-order chi connectivity index (χ1) is 12.6. The zero-order valence-corrected chi connectivity index (χ0v) is 13.5. The van der Waals surface area contributed by atoms with Crippen molar-refractivity contribution >= 4 is 27.7 Å². The van der Waals surface area contributed by atoms with Gasteiger partial charge in [-0.15, -0.1) is 0 Å². The number of imidazole rings is 1. The summed E-state index contributed by atoms with van der Waals surface area (Å²) in [6.45, 7) is 0.316. The van der Waals surface area contributed by atoms with Gasteiger partial charge in [0.25, 0.3) is 11.5 Å². The molecule has 130 valence electrons. The first-order valence-electron chi connectivity index (χ1n) is 8.01. The molecule has 3 N–H and O–H groups in total. The minimum atomic E-state index is -0.389. The molecule has 8 heteroatoms. The van der Waals surface area contributed by atoms with Crippen molar-refractivity contribution in [3.05, 3.63) is 70.2 Å². The van der Waals surface area contributed by atoms with Crippen LogP contribution in [0.3, 0.4) is 0 Å². The number of aromatic nitrogens is 4. The van der Waals surface area contributed by atoms with E-state index in [1.807, 2.05) is 0 Å². The average molecular weight is 351 g/mol. The van der Waals surface area contributed by atoms with E-state index in [0.29, 0.717) is 40.6 Å². The van der Waals surface area contributed by atoms with Crippen LogP contribution in [0.1, 0.15) is 16.3 Å². The van der Waals surface area contributed by atoms with Gasteiger partial charge in [0, 0.05) is 18.4 Å². The van der Waals surface area contributed by atoms with Crippen molar-refractivity contribution in [3.8, 4) is 0 Å². The van der Waals surface area contributed by atoms with Crippen LogP contribution in [0.5, 0.6) is 0 Å². The molecule has 2 aromatic heterocycles. The predicted molar refractivity (Wildman–Crippen MR) is 94.5 cm³/mol. The zero-order chi connectivity index (χ0) is 18.1. The summed E-state index contributed by atoms with van der Waals surface area (Å²) in [4.78, 5) is 31.5. The SMILES string of the molecule is O=C(NCCc1nc2ccc(F)cc2[nH]1)c1n[nH]c(=O)c2ccccc12. The number of carbonyl (C=O) groups is 1. The largest absolute Gasteiger partial charge is 0.350 e. The standard InChI is InChI=1S/C18H14FN5O2/c19-10-5-6-13-14(9-10)22-15(21-13)7-8-20-18(26)16-11-3-1-2-4-12(11)17(25)24-23-16/h1-6,9H,7-8H2,(H,20,26)(H,21,22)(H,24,25). The Morgan fingerprint density at radius 1 is 1.15 bits per heavy atom. The smallest absolute Gasteiger partial charge is 0.272 e. The number of halogens is 1. The van der Waals surface area contributed by atoms with Crippen LogP contribution in [-0.4, -0.2) is 32.6 Å². The first-order valence-corrected chi connectivity index (χ1v) is 8.01. The molecule has 0 aliphatic carbocycles. The molecule has 0 radical (unpaired) electrons. The van der Waals surface area contributed by atoms with E-state index < -0.39 is 0 Å². The number of aromatic amines is 2. The minimum absolute atomic E-state index is 0.159. The van der Waals surface area contributed by atoms with Crippen molar-refractivity contribution in [3.63, 3.8) is 0 Å². The lowest BCUT2D eigenvalue weighted by atomic mass is 10.1. The topological polar surface area (TPSA) is 104 Å². The van der Waals surface area contributed by atoms with Gasteiger partial charge in [-0.2, -0.15) is 5.10 Å². The van der Waals surface area contributed by atoms with Gasteiger partial charge in [-0.3, -0.25) is 9.59 Å². The summed E-state index contributed by atoms with van der Waals surface area (Å²) in [5.41, 5.74) is 1.10. The summed E-state index contributed by atoms with van der Waals surface area (Å²) >= 11 is 0. The Hall–Kier alpha value is -3.55. The van der Waals surface area contributed by atoms with Gasteiger partial charge in [0.15, 0.2) is 5.69 Å². The lowest BCUT2D eigenvalue weighted by Gasteiger charge is -2.05.